The minimum Gasteiger partial charge on any atom is -0.371 e. The standard InChI is InChI=1S/C18H22N2/c1-2-19-10-16-12-20(13-17(16)11-19)18-8-7-14-5-3-4-6-15(14)9-18/h3-9,16-17H,2,10-13H2,1H3. The molecule has 4 rings (SSSR count). The molecule has 0 aromatic heterocycles. The van der Waals surface area contributed by atoms with Crippen LogP contribution in [-0.4, -0.2) is 37.6 Å². The number of hydrogen-bond donors (Lipinski definition) is 0. The topological polar surface area (TPSA) is 6.48 Å². The van der Waals surface area contributed by atoms with E-state index in [2.05, 4.69) is 59.2 Å². The first-order chi connectivity index (χ1) is 9.83. The maximum Gasteiger partial charge on any atom is 0.0372 e. The average molecular weight is 266 g/mol. The summed E-state index contributed by atoms with van der Waals surface area (Å²) >= 11 is 0. The second kappa shape index (κ2) is 4.78. The normalized spacial score (nSPS) is 26.4. The van der Waals surface area contributed by atoms with Crippen LogP contribution in [0.2, 0.25) is 0 Å². The van der Waals surface area contributed by atoms with Crippen LogP contribution in [0.15, 0.2) is 42.5 Å². The van der Waals surface area contributed by atoms with Crippen LogP contribution in [0.5, 0.6) is 0 Å². The molecular weight excluding hydrogens is 244 g/mol. The van der Waals surface area contributed by atoms with Crippen molar-refractivity contribution in [2.75, 3.05) is 37.6 Å². The molecule has 0 bridgehead atoms. The average Bonchev–Trinajstić information content (AvgIpc) is 3.04. The molecule has 2 aliphatic heterocycles. The summed E-state index contributed by atoms with van der Waals surface area (Å²) in [6.07, 6.45) is 0. The molecule has 2 nitrogen and oxygen atoms in total. The molecule has 2 heterocycles. The lowest BCUT2D eigenvalue weighted by atomic mass is 10.0. The molecule has 20 heavy (non-hydrogen) atoms. The zero-order valence-electron chi connectivity index (χ0n) is 12.1. The molecule has 2 heteroatoms. The molecule has 0 N–H and O–H groups in total. The van der Waals surface area contributed by atoms with Crippen LogP contribution in [0.1, 0.15) is 6.92 Å². The zero-order valence-corrected chi connectivity index (χ0v) is 12.1. The molecule has 2 atom stereocenters. The predicted molar refractivity (Wildman–Crippen MR) is 85.3 cm³/mol. The van der Waals surface area contributed by atoms with E-state index in [4.69, 9.17) is 0 Å². The van der Waals surface area contributed by atoms with Gasteiger partial charge in [-0.3, -0.25) is 0 Å². The molecular formula is C18H22N2. The summed E-state index contributed by atoms with van der Waals surface area (Å²) in [4.78, 5) is 5.20. The maximum absolute atomic E-state index is 2.60. The van der Waals surface area contributed by atoms with Gasteiger partial charge in [-0.15, -0.1) is 0 Å². The third kappa shape index (κ3) is 1.99. The van der Waals surface area contributed by atoms with Crippen molar-refractivity contribution in [3.63, 3.8) is 0 Å². The fourth-order valence-corrected chi connectivity index (χ4v) is 3.93. The molecule has 2 aromatic rings. The second-order valence-corrected chi connectivity index (χ2v) is 6.31. The summed E-state index contributed by atoms with van der Waals surface area (Å²) in [7, 11) is 0. The summed E-state index contributed by atoms with van der Waals surface area (Å²) in [5, 5.41) is 2.70. The fraction of sp³-hybridized carbons (Fsp3) is 0.444. The van der Waals surface area contributed by atoms with Gasteiger partial charge in [0.05, 0.1) is 0 Å². The zero-order chi connectivity index (χ0) is 13.5. The summed E-state index contributed by atoms with van der Waals surface area (Å²) in [6.45, 7) is 8.56. The highest BCUT2D eigenvalue weighted by atomic mass is 15.2. The van der Waals surface area contributed by atoms with E-state index in [0.717, 1.165) is 11.8 Å². The summed E-state index contributed by atoms with van der Waals surface area (Å²) < 4.78 is 0. The van der Waals surface area contributed by atoms with E-state index in [9.17, 15) is 0 Å². The first-order valence-corrected chi connectivity index (χ1v) is 7.79. The number of hydrogen-bond acceptors (Lipinski definition) is 2. The number of benzene rings is 2. The molecule has 2 saturated heterocycles. The lowest BCUT2D eigenvalue weighted by Crippen LogP contribution is -2.28. The Hall–Kier alpha value is -1.54. The third-order valence-electron chi connectivity index (χ3n) is 5.11. The molecule has 2 aromatic carbocycles. The Labute approximate surface area is 121 Å². The number of anilines is 1. The van der Waals surface area contributed by atoms with E-state index >= 15 is 0 Å². The van der Waals surface area contributed by atoms with Crippen molar-refractivity contribution in [1.82, 2.24) is 4.90 Å². The Bertz CT molecular complexity index is 608. The Kier molecular flexibility index (Phi) is 2.92. The summed E-state index contributed by atoms with van der Waals surface area (Å²) in [5.74, 6) is 1.75. The Morgan fingerprint density at radius 2 is 1.60 bits per heavy atom. The van der Waals surface area contributed by atoms with Crippen molar-refractivity contribution in [2.24, 2.45) is 11.8 Å². The van der Waals surface area contributed by atoms with Gasteiger partial charge in [0.2, 0.25) is 0 Å². The first kappa shape index (κ1) is 12.2. The maximum atomic E-state index is 2.60. The number of rotatable bonds is 2. The van der Waals surface area contributed by atoms with Gasteiger partial charge < -0.3 is 9.80 Å². The highest BCUT2D eigenvalue weighted by Crippen LogP contribution is 2.34. The van der Waals surface area contributed by atoms with E-state index in [0.29, 0.717) is 0 Å². The van der Waals surface area contributed by atoms with Gasteiger partial charge in [-0.2, -0.15) is 0 Å². The monoisotopic (exact) mass is 266 g/mol. The van der Waals surface area contributed by atoms with Gasteiger partial charge in [-0.25, -0.2) is 0 Å². The van der Waals surface area contributed by atoms with E-state index < -0.39 is 0 Å². The van der Waals surface area contributed by atoms with Gasteiger partial charge in [-0.05, 0) is 41.3 Å². The van der Waals surface area contributed by atoms with Gasteiger partial charge in [0.15, 0.2) is 0 Å². The molecule has 0 aliphatic carbocycles. The second-order valence-electron chi connectivity index (χ2n) is 6.31. The highest BCUT2D eigenvalue weighted by molar-refractivity contribution is 5.85. The fourth-order valence-electron chi connectivity index (χ4n) is 3.93. The van der Waals surface area contributed by atoms with Crippen LogP contribution in [0.3, 0.4) is 0 Å². The molecule has 0 saturated carbocycles. The lowest BCUT2D eigenvalue weighted by molar-refractivity contribution is 0.334. The van der Waals surface area contributed by atoms with Crippen LogP contribution in [0.25, 0.3) is 10.8 Å². The minimum absolute atomic E-state index is 0.876. The van der Waals surface area contributed by atoms with Crippen molar-refractivity contribution < 1.29 is 0 Å². The molecule has 2 aliphatic rings. The summed E-state index contributed by atoms with van der Waals surface area (Å²) in [5.41, 5.74) is 1.40. The van der Waals surface area contributed by atoms with Gasteiger partial charge in [0.1, 0.15) is 0 Å². The van der Waals surface area contributed by atoms with Crippen molar-refractivity contribution in [3.8, 4) is 0 Å². The molecule has 0 spiro atoms. The van der Waals surface area contributed by atoms with Gasteiger partial charge >= 0.3 is 0 Å². The van der Waals surface area contributed by atoms with Crippen molar-refractivity contribution >= 4 is 16.5 Å². The van der Waals surface area contributed by atoms with Gasteiger partial charge in [0.25, 0.3) is 0 Å². The smallest absolute Gasteiger partial charge is 0.0372 e. The van der Waals surface area contributed by atoms with Crippen LogP contribution < -0.4 is 4.90 Å². The Morgan fingerprint density at radius 3 is 2.30 bits per heavy atom. The van der Waals surface area contributed by atoms with E-state index in [1.807, 2.05) is 0 Å². The highest BCUT2D eigenvalue weighted by Gasteiger charge is 2.39. The van der Waals surface area contributed by atoms with E-state index in [1.165, 1.54) is 49.2 Å². The number of nitrogens with zero attached hydrogens (tertiary/aromatic N) is 2. The first-order valence-electron chi connectivity index (χ1n) is 7.79. The van der Waals surface area contributed by atoms with Crippen LogP contribution >= 0.6 is 0 Å². The van der Waals surface area contributed by atoms with Crippen LogP contribution in [0, 0.1) is 11.8 Å². The largest absolute Gasteiger partial charge is 0.371 e. The summed E-state index contributed by atoms with van der Waals surface area (Å²) in [6, 6.07) is 15.6. The Morgan fingerprint density at radius 1 is 0.900 bits per heavy atom. The third-order valence-corrected chi connectivity index (χ3v) is 5.11. The number of fused-ring (bicyclic) bond motifs is 2. The van der Waals surface area contributed by atoms with Crippen molar-refractivity contribution in [2.45, 2.75) is 6.92 Å². The molecule has 104 valence electrons. The molecule has 0 amide bonds. The van der Waals surface area contributed by atoms with E-state index in [-0.39, 0.29) is 0 Å². The van der Waals surface area contributed by atoms with Crippen molar-refractivity contribution in [3.05, 3.63) is 42.5 Å². The molecule has 2 unspecified atom stereocenters. The SMILES string of the molecule is CCN1CC2CN(c3ccc4ccccc4c3)CC2C1. The van der Waals surface area contributed by atoms with Crippen LogP contribution in [0.4, 0.5) is 5.69 Å². The van der Waals surface area contributed by atoms with Crippen molar-refractivity contribution in [1.29, 1.82) is 0 Å². The number of likely N-dealkylation sites (tertiary alicyclic amines) is 1. The van der Waals surface area contributed by atoms with E-state index in [1.54, 1.807) is 0 Å². The van der Waals surface area contributed by atoms with Gasteiger partial charge in [-0.1, -0.05) is 37.3 Å². The lowest BCUT2D eigenvalue weighted by Gasteiger charge is -2.22. The molecule has 2 fully saturated rings. The minimum atomic E-state index is 0.876. The van der Waals surface area contributed by atoms with Gasteiger partial charge in [0, 0.05) is 31.9 Å². The quantitative estimate of drug-likeness (QED) is 0.823. The predicted octanol–water partition coefficient (Wildman–Crippen LogP) is 3.23. The Balaban J connectivity index is 1.56. The molecule has 0 radical (unpaired) electrons. The van der Waals surface area contributed by atoms with Crippen LogP contribution in [-0.2, 0) is 0 Å².